The largest absolute Gasteiger partial charge is 0.158 e. The molecule has 0 saturated carbocycles. The first kappa shape index (κ1) is 11.2. The molecule has 88 valence electrons. The third-order valence-corrected chi connectivity index (χ3v) is 3.34. The first-order valence-electron chi connectivity index (χ1n) is 5.73. The first-order valence-corrected chi connectivity index (χ1v) is 6.11. The fourth-order valence-corrected chi connectivity index (χ4v) is 2.46. The highest BCUT2D eigenvalue weighted by atomic mass is 35.5. The van der Waals surface area contributed by atoms with Crippen molar-refractivity contribution in [1.29, 1.82) is 0 Å². The van der Waals surface area contributed by atoms with Gasteiger partial charge in [0.25, 0.3) is 0 Å². The quantitative estimate of drug-likeness (QED) is 0.648. The van der Waals surface area contributed by atoms with Crippen LogP contribution in [-0.2, 0) is 0 Å². The Bertz CT molecular complexity index is 697. The van der Waals surface area contributed by atoms with Crippen LogP contribution in [0.3, 0.4) is 0 Å². The van der Waals surface area contributed by atoms with E-state index in [1.807, 2.05) is 49.4 Å². The maximum Gasteiger partial charge on any atom is 0.103 e. The summed E-state index contributed by atoms with van der Waals surface area (Å²) in [6.07, 6.45) is 1.77. The summed E-state index contributed by atoms with van der Waals surface area (Å²) in [5.41, 5.74) is 2.91. The molecule has 1 aromatic heterocycles. The number of aryl methyl sites for hydroxylation is 1. The van der Waals surface area contributed by atoms with E-state index in [1.54, 1.807) is 6.20 Å². The molecule has 0 N–H and O–H groups in total. The summed E-state index contributed by atoms with van der Waals surface area (Å²) in [6, 6.07) is 13.9. The van der Waals surface area contributed by atoms with Gasteiger partial charge in [-0.2, -0.15) is 5.10 Å². The molecule has 0 atom stereocenters. The molecule has 0 saturated heterocycles. The third kappa shape index (κ3) is 1.75. The number of nitrogens with zero attached hydrogens (tertiary/aromatic N) is 2. The Hall–Kier alpha value is -1.93. The van der Waals surface area contributed by atoms with Gasteiger partial charge in [0, 0.05) is 16.3 Å². The topological polar surface area (TPSA) is 25.8 Å². The summed E-state index contributed by atoms with van der Waals surface area (Å²) in [6.45, 7) is 2.03. The fraction of sp³-hybridized carbons (Fsp3) is 0.0667. The molecule has 3 rings (SSSR count). The normalized spacial score (nSPS) is 10.8. The van der Waals surface area contributed by atoms with E-state index in [9.17, 15) is 0 Å². The van der Waals surface area contributed by atoms with E-state index < -0.39 is 0 Å². The zero-order valence-electron chi connectivity index (χ0n) is 9.89. The lowest BCUT2D eigenvalue weighted by molar-refractivity contribution is 1.05. The van der Waals surface area contributed by atoms with Crippen molar-refractivity contribution in [3.05, 3.63) is 59.2 Å². The molecule has 2 nitrogen and oxygen atoms in total. The predicted octanol–water partition coefficient (Wildman–Crippen LogP) is 4.26. The molecule has 0 bridgehead atoms. The van der Waals surface area contributed by atoms with Gasteiger partial charge in [0.2, 0.25) is 0 Å². The maximum atomic E-state index is 6.30. The minimum absolute atomic E-state index is 0.709. The molecule has 0 fully saturated rings. The molecule has 3 aromatic rings. The Morgan fingerprint density at radius 3 is 2.67 bits per heavy atom. The van der Waals surface area contributed by atoms with E-state index in [2.05, 4.69) is 10.2 Å². The molecule has 2 aromatic carbocycles. The standard InChI is InChI=1S/C15H11ClN2/c1-10-5-4-8-13(16)14(10)15-12-7-3-2-6-11(12)9-17-18-15/h2-9H,1H3. The number of benzene rings is 2. The Kier molecular flexibility index (Phi) is 2.73. The molecule has 0 aliphatic heterocycles. The highest BCUT2D eigenvalue weighted by molar-refractivity contribution is 6.33. The lowest BCUT2D eigenvalue weighted by Gasteiger charge is -2.09. The minimum Gasteiger partial charge on any atom is -0.158 e. The summed E-state index contributed by atoms with van der Waals surface area (Å²) < 4.78 is 0. The summed E-state index contributed by atoms with van der Waals surface area (Å²) in [4.78, 5) is 0. The van der Waals surface area contributed by atoms with E-state index in [0.29, 0.717) is 5.02 Å². The summed E-state index contributed by atoms with van der Waals surface area (Å²) in [5, 5.41) is 11.2. The summed E-state index contributed by atoms with van der Waals surface area (Å²) >= 11 is 6.30. The average Bonchev–Trinajstić information content (AvgIpc) is 2.39. The van der Waals surface area contributed by atoms with Gasteiger partial charge in [-0.1, -0.05) is 48.0 Å². The van der Waals surface area contributed by atoms with Crippen LogP contribution in [-0.4, -0.2) is 10.2 Å². The zero-order valence-corrected chi connectivity index (χ0v) is 10.6. The van der Waals surface area contributed by atoms with Crippen molar-refractivity contribution in [2.45, 2.75) is 6.92 Å². The van der Waals surface area contributed by atoms with Crippen LogP contribution in [0.2, 0.25) is 5.02 Å². The van der Waals surface area contributed by atoms with E-state index in [-0.39, 0.29) is 0 Å². The Balaban J connectivity index is 2.39. The number of fused-ring (bicyclic) bond motifs is 1. The third-order valence-electron chi connectivity index (χ3n) is 3.03. The van der Waals surface area contributed by atoms with Gasteiger partial charge in [0.1, 0.15) is 5.69 Å². The molecule has 1 heterocycles. The Morgan fingerprint density at radius 2 is 1.83 bits per heavy atom. The highest BCUT2D eigenvalue weighted by Gasteiger charge is 2.11. The second-order valence-corrected chi connectivity index (χ2v) is 4.62. The number of hydrogen-bond acceptors (Lipinski definition) is 2. The van der Waals surface area contributed by atoms with Crippen LogP contribution >= 0.6 is 11.6 Å². The molecule has 0 aliphatic rings. The van der Waals surface area contributed by atoms with Gasteiger partial charge in [-0.05, 0) is 18.6 Å². The molecule has 0 aliphatic carbocycles. The van der Waals surface area contributed by atoms with Crippen LogP contribution in [0.15, 0.2) is 48.7 Å². The smallest absolute Gasteiger partial charge is 0.103 e. The molecular weight excluding hydrogens is 244 g/mol. The molecule has 3 heteroatoms. The SMILES string of the molecule is Cc1cccc(Cl)c1-c1nncc2ccccc12. The Labute approximate surface area is 110 Å². The van der Waals surface area contributed by atoms with Gasteiger partial charge in [0.15, 0.2) is 0 Å². The highest BCUT2D eigenvalue weighted by Crippen LogP contribution is 2.33. The van der Waals surface area contributed by atoms with Crippen molar-refractivity contribution >= 4 is 22.4 Å². The van der Waals surface area contributed by atoms with Crippen LogP contribution < -0.4 is 0 Å². The van der Waals surface area contributed by atoms with Gasteiger partial charge in [0.05, 0.1) is 11.2 Å². The van der Waals surface area contributed by atoms with Crippen molar-refractivity contribution in [1.82, 2.24) is 10.2 Å². The van der Waals surface area contributed by atoms with Crippen molar-refractivity contribution in [2.75, 3.05) is 0 Å². The maximum absolute atomic E-state index is 6.30. The summed E-state index contributed by atoms with van der Waals surface area (Å²) in [5.74, 6) is 0. The minimum atomic E-state index is 0.709. The molecule has 0 spiro atoms. The van der Waals surface area contributed by atoms with Crippen LogP contribution in [0.4, 0.5) is 0 Å². The lowest BCUT2D eigenvalue weighted by Crippen LogP contribution is -1.92. The fourth-order valence-electron chi connectivity index (χ4n) is 2.14. The molecule has 18 heavy (non-hydrogen) atoms. The average molecular weight is 255 g/mol. The lowest BCUT2D eigenvalue weighted by atomic mass is 10.0. The van der Waals surface area contributed by atoms with Crippen molar-refractivity contribution in [2.24, 2.45) is 0 Å². The van der Waals surface area contributed by atoms with Gasteiger partial charge < -0.3 is 0 Å². The molecule has 0 unspecified atom stereocenters. The zero-order chi connectivity index (χ0) is 12.5. The van der Waals surface area contributed by atoms with Gasteiger partial charge in [-0.25, -0.2) is 0 Å². The van der Waals surface area contributed by atoms with Crippen LogP contribution in [0.5, 0.6) is 0 Å². The van der Waals surface area contributed by atoms with E-state index in [0.717, 1.165) is 27.6 Å². The van der Waals surface area contributed by atoms with E-state index in [4.69, 9.17) is 11.6 Å². The number of halogens is 1. The van der Waals surface area contributed by atoms with Crippen molar-refractivity contribution < 1.29 is 0 Å². The van der Waals surface area contributed by atoms with Crippen LogP contribution in [0, 0.1) is 6.92 Å². The van der Waals surface area contributed by atoms with Gasteiger partial charge in [-0.15, -0.1) is 5.10 Å². The number of aromatic nitrogens is 2. The van der Waals surface area contributed by atoms with E-state index >= 15 is 0 Å². The van der Waals surface area contributed by atoms with Crippen LogP contribution in [0.25, 0.3) is 22.0 Å². The van der Waals surface area contributed by atoms with Crippen LogP contribution in [0.1, 0.15) is 5.56 Å². The summed E-state index contributed by atoms with van der Waals surface area (Å²) in [7, 11) is 0. The molecular formula is C15H11ClN2. The second-order valence-electron chi connectivity index (χ2n) is 4.21. The monoisotopic (exact) mass is 254 g/mol. The van der Waals surface area contributed by atoms with Gasteiger partial charge in [-0.3, -0.25) is 0 Å². The van der Waals surface area contributed by atoms with E-state index in [1.165, 1.54) is 0 Å². The van der Waals surface area contributed by atoms with Gasteiger partial charge >= 0.3 is 0 Å². The Morgan fingerprint density at radius 1 is 1.00 bits per heavy atom. The predicted molar refractivity (Wildman–Crippen MR) is 74.7 cm³/mol. The number of rotatable bonds is 1. The number of hydrogen-bond donors (Lipinski definition) is 0. The molecule has 0 radical (unpaired) electrons. The van der Waals surface area contributed by atoms with Crippen molar-refractivity contribution in [3.63, 3.8) is 0 Å². The first-order chi connectivity index (χ1) is 8.77. The van der Waals surface area contributed by atoms with Crippen molar-refractivity contribution in [3.8, 4) is 11.3 Å². The second kappa shape index (κ2) is 4.39. The molecule has 0 amide bonds.